The zero-order valence-electron chi connectivity index (χ0n) is 14.1. The number of nitrogens with zero attached hydrogens (tertiary/aromatic N) is 4. The van der Waals surface area contributed by atoms with Crippen LogP contribution in [-0.2, 0) is 6.18 Å². The van der Waals surface area contributed by atoms with Crippen LogP contribution in [0.5, 0.6) is 0 Å². The van der Waals surface area contributed by atoms with E-state index in [9.17, 15) is 13.2 Å². The van der Waals surface area contributed by atoms with E-state index in [1.807, 2.05) is 0 Å². The molecule has 1 aliphatic rings. The zero-order chi connectivity index (χ0) is 18.0. The maximum Gasteiger partial charge on any atom is 0.418 e. The number of nitrogens with one attached hydrogen (secondary N) is 1. The number of hydrogen-bond donors (Lipinski definition) is 1. The highest BCUT2D eigenvalue weighted by Gasteiger charge is 2.33. The standard InChI is InChI=1S/C17H20F3N5/c1-12-21-15(11-16(22-12)25-9-7-24(2)8-10-25)23-14-6-4-3-5-13(14)17(18,19)20/h3-6,11H,7-10H2,1-2H3,(H,21,22,23). The molecule has 0 unspecified atom stereocenters. The minimum absolute atomic E-state index is 0.0163. The topological polar surface area (TPSA) is 44.3 Å². The molecule has 0 bridgehead atoms. The molecule has 1 aromatic carbocycles. The Kier molecular flexibility index (Phi) is 4.80. The van der Waals surface area contributed by atoms with Crippen molar-refractivity contribution < 1.29 is 13.2 Å². The fraction of sp³-hybridized carbons (Fsp3) is 0.412. The van der Waals surface area contributed by atoms with Gasteiger partial charge in [-0.1, -0.05) is 12.1 Å². The van der Waals surface area contributed by atoms with E-state index in [0.29, 0.717) is 11.6 Å². The quantitative estimate of drug-likeness (QED) is 0.919. The summed E-state index contributed by atoms with van der Waals surface area (Å²) in [5, 5.41) is 2.80. The van der Waals surface area contributed by atoms with Gasteiger partial charge in [0.05, 0.1) is 11.3 Å². The first-order valence-corrected chi connectivity index (χ1v) is 8.05. The third-order valence-electron chi connectivity index (χ3n) is 4.15. The summed E-state index contributed by atoms with van der Waals surface area (Å²) in [5.41, 5.74) is -0.732. The third kappa shape index (κ3) is 4.19. The highest BCUT2D eigenvalue weighted by atomic mass is 19.4. The van der Waals surface area contributed by atoms with Crippen LogP contribution in [0.3, 0.4) is 0 Å². The highest BCUT2D eigenvalue weighted by molar-refractivity contribution is 5.63. The van der Waals surface area contributed by atoms with Crippen LogP contribution < -0.4 is 10.2 Å². The van der Waals surface area contributed by atoms with E-state index in [0.717, 1.165) is 38.1 Å². The average Bonchev–Trinajstić information content (AvgIpc) is 2.54. The second kappa shape index (κ2) is 6.87. The molecule has 134 valence electrons. The van der Waals surface area contributed by atoms with Crippen molar-refractivity contribution in [2.75, 3.05) is 43.4 Å². The lowest BCUT2D eigenvalue weighted by atomic mass is 10.1. The van der Waals surface area contributed by atoms with Gasteiger partial charge in [-0.25, -0.2) is 9.97 Å². The Balaban J connectivity index is 1.87. The molecule has 25 heavy (non-hydrogen) atoms. The molecule has 3 rings (SSSR count). The largest absolute Gasteiger partial charge is 0.418 e. The molecule has 8 heteroatoms. The third-order valence-corrected chi connectivity index (χ3v) is 4.15. The van der Waals surface area contributed by atoms with Gasteiger partial charge in [0, 0.05) is 32.2 Å². The van der Waals surface area contributed by atoms with Crippen molar-refractivity contribution in [3.8, 4) is 0 Å². The minimum Gasteiger partial charge on any atom is -0.354 e. The number of benzene rings is 1. The summed E-state index contributed by atoms with van der Waals surface area (Å²) < 4.78 is 39.5. The summed E-state index contributed by atoms with van der Waals surface area (Å²) in [5.74, 6) is 1.61. The molecule has 2 heterocycles. The summed E-state index contributed by atoms with van der Waals surface area (Å²) in [6.45, 7) is 5.23. The van der Waals surface area contributed by atoms with Gasteiger partial charge >= 0.3 is 6.18 Å². The van der Waals surface area contributed by atoms with Gasteiger partial charge in [-0.15, -0.1) is 0 Å². The van der Waals surface area contributed by atoms with E-state index in [-0.39, 0.29) is 5.69 Å². The number of alkyl halides is 3. The van der Waals surface area contributed by atoms with E-state index < -0.39 is 11.7 Å². The van der Waals surface area contributed by atoms with Crippen LogP contribution in [0.2, 0.25) is 0 Å². The van der Waals surface area contributed by atoms with Gasteiger partial charge in [-0.05, 0) is 26.1 Å². The Hall–Kier alpha value is -2.35. The number of aromatic nitrogens is 2. The van der Waals surface area contributed by atoms with E-state index in [2.05, 4.69) is 32.1 Å². The molecule has 0 atom stereocenters. The Morgan fingerprint density at radius 2 is 1.72 bits per heavy atom. The van der Waals surface area contributed by atoms with Crippen molar-refractivity contribution in [3.63, 3.8) is 0 Å². The molecule has 1 saturated heterocycles. The number of rotatable bonds is 3. The molecule has 0 aliphatic carbocycles. The first kappa shape index (κ1) is 17.5. The predicted octanol–water partition coefficient (Wildman–Crippen LogP) is 3.30. The first-order chi connectivity index (χ1) is 11.8. The van der Waals surface area contributed by atoms with Gasteiger partial charge in [-0.3, -0.25) is 0 Å². The number of halogens is 3. The van der Waals surface area contributed by atoms with Crippen LogP contribution in [-0.4, -0.2) is 48.1 Å². The zero-order valence-corrected chi connectivity index (χ0v) is 14.1. The van der Waals surface area contributed by atoms with Crippen molar-refractivity contribution in [1.82, 2.24) is 14.9 Å². The van der Waals surface area contributed by atoms with Gasteiger partial charge < -0.3 is 15.1 Å². The number of likely N-dealkylation sites (N-methyl/N-ethyl adjacent to an activating group) is 1. The number of piperazine rings is 1. The van der Waals surface area contributed by atoms with Crippen molar-refractivity contribution in [3.05, 3.63) is 41.7 Å². The Morgan fingerprint density at radius 1 is 1.04 bits per heavy atom. The Labute approximate surface area is 144 Å². The van der Waals surface area contributed by atoms with Crippen molar-refractivity contribution >= 4 is 17.3 Å². The number of anilines is 3. The Morgan fingerprint density at radius 3 is 2.40 bits per heavy atom. The fourth-order valence-corrected chi connectivity index (χ4v) is 2.79. The summed E-state index contributed by atoms with van der Waals surface area (Å²) >= 11 is 0. The molecule has 5 nitrogen and oxygen atoms in total. The molecule has 2 aromatic rings. The lowest BCUT2D eigenvalue weighted by Crippen LogP contribution is -2.44. The maximum absolute atomic E-state index is 13.2. The lowest BCUT2D eigenvalue weighted by Gasteiger charge is -2.33. The summed E-state index contributed by atoms with van der Waals surface area (Å²) in [4.78, 5) is 13.0. The SMILES string of the molecule is Cc1nc(Nc2ccccc2C(F)(F)F)cc(N2CCN(C)CC2)n1. The van der Waals surface area contributed by atoms with Gasteiger partial charge in [0.15, 0.2) is 0 Å². The highest BCUT2D eigenvalue weighted by Crippen LogP contribution is 2.35. The molecular formula is C17H20F3N5. The number of hydrogen-bond acceptors (Lipinski definition) is 5. The second-order valence-corrected chi connectivity index (χ2v) is 6.12. The summed E-state index contributed by atoms with van der Waals surface area (Å²) in [6.07, 6.45) is -4.42. The Bertz CT molecular complexity index is 739. The van der Waals surface area contributed by atoms with Crippen LogP contribution >= 0.6 is 0 Å². The van der Waals surface area contributed by atoms with Crippen LogP contribution in [0.25, 0.3) is 0 Å². The molecule has 0 saturated carbocycles. The van der Waals surface area contributed by atoms with Gasteiger partial charge in [-0.2, -0.15) is 13.2 Å². The van der Waals surface area contributed by atoms with E-state index >= 15 is 0 Å². The second-order valence-electron chi connectivity index (χ2n) is 6.12. The molecule has 1 aliphatic heterocycles. The van der Waals surface area contributed by atoms with Crippen molar-refractivity contribution in [2.45, 2.75) is 13.1 Å². The molecule has 1 fully saturated rings. The van der Waals surface area contributed by atoms with Gasteiger partial charge in [0.1, 0.15) is 17.5 Å². The first-order valence-electron chi connectivity index (χ1n) is 8.05. The van der Waals surface area contributed by atoms with Gasteiger partial charge in [0.25, 0.3) is 0 Å². The van der Waals surface area contributed by atoms with E-state index in [4.69, 9.17) is 0 Å². The van der Waals surface area contributed by atoms with Crippen LogP contribution in [0.4, 0.5) is 30.5 Å². The minimum atomic E-state index is -4.42. The lowest BCUT2D eigenvalue weighted by molar-refractivity contribution is -0.136. The monoisotopic (exact) mass is 351 g/mol. The molecule has 0 spiro atoms. The summed E-state index contributed by atoms with van der Waals surface area (Å²) in [7, 11) is 2.06. The smallest absolute Gasteiger partial charge is 0.354 e. The summed E-state index contributed by atoms with van der Waals surface area (Å²) in [6, 6.07) is 7.08. The molecular weight excluding hydrogens is 331 g/mol. The van der Waals surface area contributed by atoms with Crippen LogP contribution in [0, 0.1) is 6.92 Å². The normalized spacial score (nSPS) is 16.1. The van der Waals surface area contributed by atoms with Gasteiger partial charge in [0.2, 0.25) is 0 Å². The average molecular weight is 351 g/mol. The molecule has 1 N–H and O–H groups in total. The van der Waals surface area contributed by atoms with Crippen molar-refractivity contribution in [2.24, 2.45) is 0 Å². The molecule has 1 aromatic heterocycles. The van der Waals surface area contributed by atoms with E-state index in [1.165, 1.54) is 12.1 Å². The number of aryl methyl sites for hydroxylation is 1. The van der Waals surface area contributed by atoms with Crippen LogP contribution in [0.1, 0.15) is 11.4 Å². The predicted molar refractivity (Wildman–Crippen MR) is 91.2 cm³/mol. The molecule has 0 amide bonds. The molecule has 0 radical (unpaired) electrons. The van der Waals surface area contributed by atoms with E-state index in [1.54, 1.807) is 19.1 Å². The number of para-hydroxylation sites is 1. The van der Waals surface area contributed by atoms with Crippen molar-refractivity contribution in [1.29, 1.82) is 0 Å². The maximum atomic E-state index is 13.2. The van der Waals surface area contributed by atoms with Crippen LogP contribution in [0.15, 0.2) is 30.3 Å². The fourth-order valence-electron chi connectivity index (χ4n) is 2.79.